The first kappa shape index (κ1) is 18.2. The van der Waals surface area contributed by atoms with E-state index in [9.17, 15) is 0 Å². The molecule has 0 amide bonds. The van der Waals surface area contributed by atoms with Crippen molar-refractivity contribution in [1.29, 1.82) is 0 Å². The fraction of sp³-hybridized carbons (Fsp3) is 0.318. The third-order valence-corrected chi connectivity index (χ3v) is 5.98. The van der Waals surface area contributed by atoms with Crippen molar-refractivity contribution < 1.29 is 4.74 Å². The topological polar surface area (TPSA) is 108 Å². The number of rotatable bonds is 2. The first-order valence-corrected chi connectivity index (χ1v) is 10.5. The molecular weight excluding hydrogens is 392 g/mol. The molecule has 2 aliphatic heterocycles. The second-order valence-corrected chi connectivity index (χ2v) is 7.99. The number of fused-ring (bicyclic) bond motifs is 5. The Balaban J connectivity index is 1.63. The summed E-state index contributed by atoms with van der Waals surface area (Å²) in [6.45, 7) is 5.04. The quantitative estimate of drug-likeness (QED) is 0.533. The molecule has 2 aliphatic rings. The minimum absolute atomic E-state index is 0.231. The van der Waals surface area contributed by atoms with Crippen molar-refractivity contribution in [3.63, 3.8) is 0 Å². The molecule has 9 heteroatoms. The number of hydrogen-bond acceptors (Lipinski definition) is 8. The molecule has 31 heavy (non-hydrogen) atoms. The van der Waals surface area contributed by atoms with Crippen LogP contribution < -0.4 is 10.6 Å². The zero-order chi connectivity index (χ0) is 20.9. The van der Waals surface area contributed by atoms with Crippen molar-refractivity contribution in [3.8, 4) is 22.6 Å². The number of benzene rings is 1. The van der Waals surface area contributed by atoms with E-state index in [0.29, 0.717) is 19.2 Å². The number of aromatic nitrogens is 6. The van der Waals surface area contributed by atoms with Gasteiger partial charge in [-0.3, -0.25) is 0 Å². The number of hydrogen-bond donors (Lipinski definition) is 1. The number of nitrogens with two attached hydrogens (primary N) is 1. The Morgan fingerprint density at radius 3 is 2.61 bits per heavy atom. The minimum Gasteiger partial charge on any atom is -0.378 e. The van der Waals surface area contributed by atoms with Crippen LogP contribution in [0.1, 0.15) is 18.5 Å². The van der Waals surface area contributed by atoms with Gasteiger partial charge in [-0.05, 0) is 18.9 Å². The third kappa shape index (κ3) is 2.92. The zero-order valence-corrected chi connectivity index (χ0v) is 17.2. The number of anilines is 2. The van der Waals surface area contributed by atoms with Gasteiger partial charge in [-0.1, -0.05) is 24.3 Å². The molecule has 9 nitrogen and oxygen atoms in total. The van der Waals surface area contributed by atoms with Crippen LogP contribution in [0.4, 0.5) is 11.9 Å². The molecule has 3 aromatic heterocycles. The van der Waals surface area contributed by atoms with Crippen LogP contribution in [0.15, 0.2) is 36.7 Å². The lowest BCUT2D eigenvalue weighted by Gasteiger charge is -2.28. The second kappa shape index (κ2) is 6.98. The van der Waals surface area contributed by atoms with Crippen molar-refractivity contribution >= 4 is 23.1 Å². The lowest BCUT2D eigenvalue weighted by Crippen LogP contribution is -2.37. The van der Waals surface area contributed by atoms with E-state index >= 15 is 0 Å². The third-order valence-electron chi connectivity index (χ3n) is 5.98. The predicted molar refractivity (Wildman–Crippen MR) is 118 cm³/mol. The van der Waals surface area contributed by atoms with Gasteiger partial charge in [0.25, 0.3) is 0 Å². The molecule has 1 unspecified atom stereocenters. The molecule has 0 aliphatic carbocycles. The molecule has 1 saturated heterocycles. The Morgan fingerprint density at radius 1 is 1.03 bits per heavy atom. The number of imidazole rings is 1. The van der Waals surface area contributed by atoms with Crippen LogP contribution in [0.3, 0.4) is 0 Å². The highest BCUT2D eigenvalue weighted by Gasteiger charge is 2.29. The number of nitrogen functional groups attached to an aromatic ring is 1. The van der Waals surface area contributed by atoms with Gasteiger partial charge in [-0.15, -0.1) is 0 Å². The Hall–Kier alpha value is -3.59. The first-order valence-electron chi connectivity index (χ1n) is 10.5. The number of nitrogens with zero attached hydrogens (tertiary/aromatic N) is 7. The van der Waals surface area contributed by atoms with Crippen molar-refractivity contribution in [2.24, 2.45) is 0 Å². The summed E-state index contributed by atoms with van der Waals surface area (Å²) in [5.74, 6) is 1.83. The molecule has 0 bridgehead atoms. The Labute approximate surface area is 179 Å². The number of ether oxygens (including phenoxy) is 1. The maximum absolute atomic E-state index is 5.72. The van der Waals surface area contributed by atoms with Crippen LogP contribution in [0, 0.1) is 0 Å². The zero-order valence-electron chi connectivity index (χ0n) is 17.2. The summed E-state index contributed by atoms with van der Waals surface area (Å²) >= 11 is 0. The van der Waals surface area contributed by atoms with Gasteiger partial charge in [-0.25, -0.2) is 19.9 Å². The molecule has 1 atom stereocenters. The molecule has 4 aromatic rings. The molecule has 1 fully saturated rings. The van der Waals surface area contributed by atoms with E-state index in [1.54, 1.807) is 12.4 Å². The SMILES string of the molecule is CC1Cc2ccccc2-c2nc3c(-c4cnc(N)nc4)nc(N4CCOCC4)nc3n21. The Kier molecular flexibility index (Phi) is 4.10. The van der Waals surface area contributed by atoms with Crippen LogP contribution in [-0.2, 0) is 11.2 Å². The summed E-state index contributed by atoms with van der Waals surface area (Å²) in [7, 11) is 0. The standard InChI is InChI=1S/C22H22N8O/c1-13-10-14-4-2-3-5-16(14)19-26-18-17(15-11-24-21(23)25-12-15)27-22(28-20(18)30(13)19)29-6-8-31-9-7-29/h2-5,11-13H,6-10H2,1H3,(H2,23,24,25). The van der Waals surface area contributed by atoms with Crippen LogP contribution >= 0.6 is 0 Å². The normalized spacial score (nSPS) is 18.1. The van der Waals surface area contributed by atoms with Gasteiger partial charge < -0.3 is 19.9 Å². The monoisotopic (exact) mass is 414 g/mol. The lowest BCUT2D eigenvalue weighted by molar-refractivity contribution is 0.122. The first-order chi connectivity index (χ1) is 15.2. The molecule has 5 heterocycles. The largest absolute Gasteiger partial charge is 0.378 e. The van der Waals surface area contributed by atoms with E-state index in [4.69, 9.17) is 25.4 Å². The van der Waals surface area contributed by atoms with Gasteiger partial charge in [0.1, 0.15) is 17.0 Å². The van der Waals surface area contributed by atoms with Gasteiger partial charge in [0, 0.05) is 42.7 Å². The molecule has 0 spiro atoms. The molecule has 0 radical (unpaired) electrons. The van der Waals surface area contributed by atoms with Crippen molar-refractivity contribution in [2.45, 2.75) is 19.4 Å². The fourth-order valence-electron chi connectivity index (χ4n) is 4.46. The van der Waals surface area contributed by atoms with Crippen LogP contribution in [0.5, 0.6) is 0 Å². The maximum Gasteiger partial charge on any atom is 0.228 e. The van der Waals surface area contributed by atoms with E-state index in [-0.39, 0.29) is 12.0 Å². The number of morpholine rings is 1. The summed E-state index contributed by atoms with van der Waals surface area (Å²) in [4.78, 5) is 25.5. The summed E-state index contributed by atoms with van der Waals surface area (Å²) < 4.78 is 7.76. The predicted octanol–water partition coefficient (Wildman–Crippen LogP) is 2.49. The highest BCUT2D eigenvalue weighted by Crippen LogP contribution is 2.39. The summed E-state index contributed by atoms with van der Waals surface area (Å²) in [5.41, 5.74) is 11.2. The van der Waals surface area contributed by atoms with Crippen molar-refractivity contribution in [3.05, 3.63) is 42.2 Å². The minimum atomic E-state index is 0.231. The molecular formula is C22H22N8O. The van der Waals surface area contributed by atoms with Crippen LogP contribution in [-0.4, -0.2) is 55.8 Å². The van der Waals surface area contributed by atoms with Gasteiger partial charge in [0.15, 0.2) is 5.65 Å². The van der Waals surface area contributed by atoms with E-state index < -0.39 is 0 Å². The second-order valence-electron chi connectivity index (χ2n) is 7.99. The highest BCUT2D eigenvalue weighted by molar-refractivity contribution is 5.91. The van der Waals surface area contributed by atoms with Gasteiger partial charge in [-0.2, -0.15) is 4.98 Å². The molecule has 156 valence electrons. The average molecular weight is 414 g/mol. The van der Waals surface area contributed by atoms with Crippen molar-refractivity contribution in [1.82, 2.24) is 29.5 Å². The smallest absolute Gasteiger partial charge is 0.228 e. The Morgan fingerprint density at radius 2 is 1.81 bits per heavy atom. The van der Waals surface area contributed by atoms with E-state index in [1.165, 1.54) is 5.56 Å². The lowest BCUT2D eigenvalue weighted by atomic mass is 9.96. The summed E-state index contributed by atoms with van der Waals surface area (Å²) in [6, 6.07) is 8.67. The average Bonchev–Trinajstić information content (AvgIpc) is 3.20. The molecule has 6 rings (SSSR count). The van der Waals surface area contributed by atoms with Crippen LogP contribution in [0.25, 0.3) is 33.8 Å². The molecule has 1 aromatic carbocycles. The molecule has 2 N–H and O–H groups in total. The summed E-state index contributed by atoms with van der Waals surface area (Å²) in [5, 5.41) is 0. The van der Waals surface area contributed by atoms with Gasteiger partial charge in [0.05, 0.1) is 13.2 Å². The van der Waals surface area contributed by atoms with E-state index in [1.807, 2.05) is 0 Å². The maximum atomic E-state index is 5.72. The van der Waals surface area contributed by atoms with E-state index in [0.717, 1.165) is 53.3 Å². The van der Waals surface area contributed by atoms with Gasteiger partial charge >= 0.3 is 0 Å². The van der Waals surface area contributed by atoms with Gasteiger partial charge in [0.2, 0.25) is 11.9 Å². The Bertz CT molecular complexity index is 1280. The fourth-order valence-corrected chi connectivity index (χ4v) is 4.46. The summed E-state index contributed by atoms with van der Waals surface area (Å²) in [6.07, 6.45) is 4.33. The van der Waals surface area contributed by atoms with Crippen molar-refractivity contribution in [2.75, 3.05) is 36.9 Å². The highest BCUT2D eigenvalue weighted by atomic mass is 16.5. The molecule has 0 saturated carbocycles. The van der Waals surface area contributed by atoms with Crippen LogP contribution in [0.2, 0.25) is 0 Å². The van der Waals surface area contributed by atoms with E-state index in [2.05, 4.69) is 50.6 Å².